The van der Waals surface area contributed by atoms with Gasteiger partial charge in [0.2, 0.25) is 0 Å². The fraction of sp³-hybridized carbons (Fsp3) is 0.538. The Kier molecular flexibility index (Phi) is 3.91. The first-order chi connectivity index (χ1) is 9.31. The molecule has 0 unspecified atom stereocenters. The Morgan fingerprint density at radius 3 is 3.37 bits per heavy atom. The van der Waals surface area contributed by atoms with Crippen LogP contribution in [0.1, 0.15) is 16.4 Å². The quantitative estimate of drug-likeness (QED) is 0.922. The van der Waals surface area contributed by atoms with E-state index in [1.54, 1.807) is 11.3 Å². The van der Waals surface area contributed by atoms with Crippen LogP contribution < -0.4 is 5.32 Å². The molecule has 3 heterocycles. The molecule has 0 saturated heterocycles. The number of aromatic nitrogens is 3. The molecule has 3 rings (SSSR count). The standard InChI is InChI=1S/C13H18N4OS/c1-10-16-12(9-19-10)8-18-7-11-4-14-5-13-2-3-15-17(13)6-11/h2-3,9,11,14H,4-8H2,1H3/t11-/m1/s1. The van der Waals surface area contributed by atoms with Crippen molar-refractivity contribution in [2.75, 3.05) is 13.2 Å². The van der Waals surface area contributed by atoms with E-state index in [4.69, 9.17) is 4.74 Å². The lowest BCUT2D eigenvalue weighted by Crippen LogP contribution is -2.25. The molecule has 0 aromatic carbocycles. The minimum atomic E-state index is 0.459. The number of hydrogen-bond acceptors (Lipinski definition) is 5. The van der Waals surface area contributed by atoms with Gasteiger partial charge in [-0.2, -0.15) is 5.10 Å². The lowest BCUT2D eigenvalue weighted by molar-refractivity contribution is 0.0795. The number of ether oxygens (including phenoxy) is 1. The van der Waals surface area contributed by atoms with Crippen LogP contribution in [0.3, 0.4) is 0 Å². The molecule has 0 fully saturated rings. The Morgan fingerprint density at radius 2 is 2.53 bits per heavy atom. The second kappa shape index (κ2) is 5.81. The number of thiazole rings is 1. The summed E-state index contributed by atoms with van der Waals surface area (Å²) in [5.74, 6) is 0.459. The molecule has 1 aliphatic rings. The van der Waals surface area contributed by atoms with Gasteiger partial charge >= 0.3 is 0 Å². The molecule has 2 aromatic heterocycles. The van der Waals surface area contributed by atoms with Crippen LogP contribution in [-0.2, 0) is 24.4 Å². The maximum absolute atomic E-state index is 5.78. The fourth-order valence-corrected chi connectivity index (χ4v) is 2.90. The predicted octanol–water partition coefficient (Wildman–Crippen LogP) is 1.58. The molecule has 0 radical (unpaired) electrons. The van der Waals surface area contributed by atoms with Crippen molar-refractivity contribution in [3.8, 4) is 0 Å². The molecule has 6 heteroatoms. The monoisotopic (exact) mass is 278 g/mol. The Labute approximate surface area is 116 Å². The van der Waals surface area contributed by atoms with Crippen LogP contribution in [0.4, 0.5) is 0 Å². The topological polar surface area (TPSA) is 52.0 Å². The average molecular weight is 278 g/mol. The highest BCUT2D eigenvalue weighted by Gasteiger charge is 2.16. The lowest BCUT2D eigenvalue weighted by atomic mass is 10.1. The summed E-state index contributed by atoms with van der Waals surface area (Å²) < 4.78 is 7.85. The van der Waals surface area contributed by atoms with Crippen LogP contribution in [0.2, 0.25) is 0 Å². The first-order valence-corrected chi connectivity index (χ1v) is 7.39. The summed E-state index contributed by atoms with van der Waals surface area (Å²) in [6.07, 6.45) is 1.86. The van der Waals surface area contributed by atoms with Crippen molar-refractivity contribution < 1.29 is 4.74 Å². The number of aryl methyl sites for hydroxylation is 1. The van der Waals surface area contributed by atoms with E-state index in [0.29, 0.717) is 12.5 Å². The number of fused-ring (bicyclic) bond motifs is 1. The average Bonchev–Trinajstić information content (AvgIpc) is 2.95. The largest absolute Gasteiger partial charge is 0.375 e. The summed E-state index contributed by atoms with van der Waals surface area (Å²) in [6, 6.07) is 2.06. The molecule has 5 nitrogen and oxygen atoms in total. The zero-order valence-corrected chi connectivity index (χ0v) is 11.8. The molecule has 19 heavy (non-hydrogen) atoms. The molecule has 1 aliphatic heterocycles. The second-order valence-corrected chi connectivity index (χ2v) is 5.94. The van der Waals surface area contributed by atoms with Gasteiger partial charge in [-0.05, 0) is 13.0 Å². The third kappa shape index (κ3) is 3.20. The highest BCUT2D eigenvalue weighted by molar-refractivity contribution is 7.09. The third-order valence-electron chi connectivity index (χ3n) is 3.24. The summed E-state index contributed by atoms with van der Waals surface area (Å²) in [5.41, 5.74) is 2.28. The Hall–Kier alpha value is -1.24. The van der Waals surface area contributed by atoms with Gasteiger partial charge in [0.1, 0.15) is 0 Å². The molecule has 102 valence electrons. The van der Waals surface area contributed by atoms with Gasteiger partial charge < -0.3 is 10.1 Å². The van der Waals surface area contributed by atoms with E-state index >= 15 is 0 Å². The van der Waals surface area contributed by atoms with E-state index in [0.717, 1.165) is 36.9 Å². The van der Waals surface area contributed by atoms with Gasteiger partial charge in [-0.15, -0.1) is 11.3 Å². The normalized spacial score (nSPS) is 19.1. The number of rotatable bonds is 4. The van der Waals surface area contributed by atoms with Gasteiger partial charge in [-0.1, -0.05) is 0 Å². The first kappa shape index (κ1) is 12.8. The molecular formula is C13H18N4OS. The Morgan fingerprint density at radius 1 is 1.58 bits per heavy atom. The molecule has 0 spiro atoms. The molecule has 0 saturated carbocycles. The van der Waals surface area contributed by atoms with E-state index < -0.39 is 0 Å². The third-order valence-corrected chi connectivity index (χ3v) is 4.07. The Balaban J connectivity index is 1.50. The zero-order chi connectivity index (χ0) is 13.1. The molecule has 0 aliphatic carbocycles. The lowest BCUT2D eigenvalue weighted by Gasteiger charge is -2.14. The van der Waals surface area contributed by atoms with Crippen LogP contribution in [0.5, 0.6) is 0 Å². The van der Waals surface area contributed by atoms with Crippen molar-refractivity contribution in [2.45, 2.75) is 26.6 Å². The van der Waals surface area contributed by atoms with Crippen molar-refractivity contribution in [1.29, 1.82) is 0 Å². The minimum absolute atomic E-state index is 0.459. The van der Waals surface area contributed by atoms with Gasteiger partial charge in [0.05, 0.1) is 29.6 Å². The van der Waals surface area contributed by atoms with E-state index in [1.165, 1.54) is 5.69 Å². The molecular weight excluding hydrogens is 260 g/mol. The van der Waals surface area contributed by atoms with Crippen molar-refractivity contribution in [1.82, 2.24) is 20.1 Å². The van der Waals surface area contributed by atoms with Crippen molar-refractivity contribution >= 4 is 11.3 Å². The zero-order valence-electron chi connectivity index (χ0n) is 11.0. The van der Waals surface area contributed by atoms with E-state index in [9.17, 15) is 0 Å². The van der Waals surface area contributed by atoms with E-state index in [1.807, 2.05) is 13.1 Å². The predicted molar refractivity (Wildman–Crippen MR) is 73.9 cm³/mol. The van der Waals surface area contributed by atoms with Crippen LogP contribution in [0.25, 0.3) is 0 Å². The molecule has 0 bridgehead atoms. The Bertz CT molecular complexity index is 536. The number of nitrogens with one attached hydrogen (secondary N) is 1. The SMILES string of the molecule is Cc1nc(COC[C@@H]2CNCc3ccnn3C2)cs1. The van der Waals surface area contributed by atoms with Crippen molar-refractivity contribution in [3.05, 3.63) is 34.0 Å². The summed E-state index contributed by atoms with van der Waals surface area (Å²) >= 11 is 1.67. The van der Waals surface area contributed by atoms with Crippen molar-refractivity contribution in [2.24, 2.45) is 5.92 Å². The van der Waals surface area contributed by atoms with Gasteiger partial charge in [0.15, 0.2) is 0 Å². The van der Waals surface area contributed by atoms with Gasteiger partial charge in [0, 0.05) is 37.1 Å². The minimum Gasteiger partial charge on any atom is -0.375 e. The first-order valence-electron chi connectivity index (χ1n) is 6.51. The summed E-state index contributed by atoms with van der Waals surface area (Å²) in [4.78, 5) is 4.40. The summed E-state index contributed by atoms with van der Waals surface area (Å²) in [7, 11) is 0. The van der Waals surface area contributed by atoms with Gasteiger partial charge in [0.25, 0.3) is 0 Å². The molecule has 2 aromatic rings. The maximum Gasteiger partial charge on any atom is 0.0898 e. The molecule has 1 N–H and O–H groups in total. The highest BCUT2D eigenvalue weighted by Crippen LogP contribution is 2.12. The fourth-order valence-electron chi connectivity index (χ4n) is 2.30. The van der Waals surface area contributed by atoms with Crippen LogP contribution in [-0.4, -0.2) is 27.9 Å². The van der Waals surface area contributed by atoms with Crippen LogP contribution in [0.15, 0.2) is 17.6 Å². The smallest absolute Gasteiger partial charge is 0.0898 e. The highest BCUT2D eigenvalue weighted by atomic mass is 32.1. The van der Waals surface area contributed by atoms with E-state index in [-0.39, 0.29) is 0 Å². The molecule has 0 amide bonds. The van der Waals surface area contributed by atoms with Gasteiger partial charge in [-0.3, -0.25) is 4.68 Å². The van der Waals surface area contributed by atoms with Crippen molar-refractivity contribution in [3.63, 3.8) is 0 Å². The van der Waals surface area contributed by atoms with Crippen LogP contribution >= 0.6 is 11.3 Å². The molecule has 1 atom stereocenters. The summed E-state index contributed by atoms with van der Waals surface area (Å²) in [6.45, 7) is 6.14. The van der Waals surface area contributed by atoms with Gasteiger partial charge in [-0.25, -0.2) is 4.98 Å². The van der Waals surface area contributed by atoms with Crippen LogP contribution in [0, 0.1) is 12.8 Å². The van der Waals surface area contributed by atoms with E-state index in [2.05, 4.69) is 31.5 Å². The number of hydrogen-bond donors (Lipinski definition) is 1. The number of nitrogens with zero attached hydrogens (tertiary/aromatic N) is 3. The maximum atomic E-state index is 5.78. The second-order valence-electron chi connectivity index (χ2n) is 4.87. The summed E-state index contributed by atoms with van der Waals surface area (Å²) in [5, 5.41) is 10.9.